The van der Waals surface area contributed by atoms with Crippen LogP contribution in [0.3, 0.4) is 0 Å². The van der Waals surface area contributed by atoms with Gasteiger partial charge >= 0.3 is 5.97 Å². The number of hydrogen-bond donors (Lipinski definition) is 2. The van der Waals surface area contributed by atoms with Gasteiger partial charge in [0.25, 0.3) is 0 Å². The Labute approximate surface area is 235 Å². The number of benzene rings is 2. The first-order chi connectivity index (χ1) is 19.9. The molecular weight excluding hydrogens is 529 g/mol. The fourth-order valence-electron chi connectivity index (χ4n) is 5.12. The highest BCUT2D eigenvalue weighted by Crippen LogP contribution is 2.25. The molecule has 2 aromatic carbocycles. The van der Waals surface area contributed by atoms with Gasteiger partial charge in [0, 0.05) is 43.6 Å². The largest absolute Gasteiger partial charge is 0.478 e. The van der Waals surface area contributed by atoms with Crippen molar-refractivity contribution in [2.24, 2.45) is 0 Å². The molecule has 2 fully saturated rings. The lowest BCUT2D eigenvalue weighted by molar-refractivity contribution is -0.0591. The Kier molecular flexibility index (Phi) is 7.45. The van der Waals surface area contributed by atoms with E-state index in [1.54, 1.807) is 36.5 Å². The lowest BCUT2D eigenvalue weighted by Crippen LogP contribution is -2.33. The van der Waals surface area contributed by atoms with Gasteiger partial charge in [0.2, 0.25) is 11.8 Å². The lowest BCUT2D eigenvalue weighted by Gasteiger charge is -2.28. The normalized spacial score (nSPS) is 18.6. The van der Waals surface area contributed by atoms with E-state index in [0.29, 0.717) is 30.5 Å². The number of nitrogens with one attached hydrogen (secondary N) is 1. The molecule has 0 bridgehead atoms. The van der Waals surface area contributed by atoms with Crippen LogP contribution in [0.15, 0.2) is 48.7 Å². The van der Waals surface area contributed by atoms with Crippen molar-refractivity contribution < 1.29 is 23.8 Å². The van der Waals surface area contributed by atoms with E-state index in [0.717, 1.165) is 49.4 Å². The van der Waals surface area contributed by atoms with Gasteiger partial charge in [-0.1, -0.05) is 6.07 Å². The molecule has 4 heterocycles. The molecule has 2 saturated heterocycles. The van der Waals surface area contributed by atoms with Crippen LogP contribution in [0.5, 0.6) is 5.88 Å². The van der Waals surface area contributed by atoms with Crippen LogP contribution in [-0.4, -0.2) is 67.3 Å². The molecule has 0 radical (unpaired) electrons. The molecule has 210 valence electrons. The van der Waals surface area contributed by atoms with Gasteiger partial charge in [0.05, 0.1) is 47.4 Å². The summed E-state index contributed by atoms with van der Waals surface area (Å²) in [6, 6.07) is 12.9. The van der Waals surface area contributed by atoms with Gasteiger partial charge in [0.15, 0.2) is 0 Å². The Morgan fingerprint density at radius 2 is 2.10 bits per heavy atom. The first-order valence-corrected chi connectivity index (χ1v) is 13.4. The number of aromatic nitrogens is 4. The van der Waals surface area contributed by atoms with Crippen LogP contribution in [0.4, 0.5) is 10.3 Å². The third-order valence-corrected chi connectivity index (χ3v) is 7.41. The van der Waals surface area contributed by atoms with Crippen molar-refractivity contribution in [3.63, 3.8) is 0 Å². The van der Waals surface area contributed by atoms with Gasteiger partial charge in [-0.05, 0) is 43.2 Å². The minimum absolute atomic E-state index is 0.0218. The number of anilines is 1. The molecule has 2 N–H and O–H groups in total. The number of likely N-dealkylation sites (tertiary alicyclic amines) is 1. The average Bonchev–Trinajstić information content (AvgIpc) is 3.53. The van der Waals surface area contributed by atoms with Crippen molar-refractivity contribution in [1.29, 1.82) is 5.26 Å². The van der Waals surface area contributed by atoms with Crippen LogP contribution < -0.4 is 10.1 Å². The summed E-state index contributed by atoms with van der Waals surface area (Å²) < 4.78 is 27.6. The lowest BCUT2D eigenvalue weighted by atomic mass is 10.1. The Morgan fingerprint density at radius 3 is 2.85 bits per heavy atom. The third-order valence-electron chi connectivity index (χ3n) is 7.41. The number of imidazole rings is 1. The topological polar surface area (TPSA) is 138 Å². The summed E-state index contributed by atoms with van der Waals surface area (Å²) in [5.41, 5.74) is 2.39. The summed E-state index contributed by atoms with van der Waals surface area (Å²) >= 11 is 0. The zero-order valence-electron chi connectivity index (χ0n) is 22.2. The summed E-state index contributed by atoms with van der Waals surface area (Å²) in [6.07, 6.45) is 3.54. The van der Waals surface area contributed by atoms with Crippen LogP contribution >= 0.6 is 0 Å². The highest BCUT2D eigenvalue weighted by molar-refractivity contribution is 5.92. The van der Waals surface area contributed by atoms with Crippen LogP contribution in [0.25, 0.3) is 11.0 Å². The smallest absolute Gasteiger partial charge is 0.335 e. The van der Waals surface area contributed by atoms with Crippen LogP contribution in [0, 0.1) is 17.1 Å². The number of hydrogen-bond acceptors (Lipinski definition) is 9. The van der Waals surface area contributed by atoms with E-state index >= 15 is 0 Å². The molecule has 6 rings (SSSR count). The number of nitriles is 1. The second kappa shape index (κ2) is 11.5. The zero-order valence-corrected chi connectivity index (χ0v) is 22.2. The Hall–Kier alpha value is -4.60. The molecule has 0 amide bonds. The van der Waals surface area contributed by atoms with Crippen molar-refractivity contribution in [3.8, 4) is 11.9 Å². The number of fused-ring (bicyclic) bond motifs is 1. The maximum absolute atomic E-state index is 14.2. The molecule has 41 heavy (non-hydrogen) atoms. The maximum atomic E-state index is 14.2. The second-order valence-electron chi connectivity index (χ2n) is 10.2. The average molecular weight is 558 g/mol. The van der Waals surface area contributed by atoms with Crippen LogP contribution in [0.2, 0.25) is 0 Å². The fourth-order valence-corrected chi connectivity index (χ4v) is 5.12. The van der Waals surface area contributed by atoms with E-state index in [4.69, 9.17) is 19.7 Å². The van der Waals surface area contributed by atoms with Gasteiger partial charge in [0.1, 0.15) is 18.2 Å². The summed E-state index contributed by atoms with van der Waals surface area (Å²) in [5.74, 6) is 0.144. The monoisotopic (exact) mass is 557 g/mol. The summed E-state index contributed by atoms with van der Waals surface area (Å²) in [4.78, 5) is 27.4. The molecule has 2 aliphatic rings. The SMILES string of the molecule is N#Cc1ccc(COc2ccnc(N[C@@H]3CCN(Cc4nc5ccc(C(=O)O)cc5n4C[C@@H]4CCO4)C3)n2)c(F)c1. The molecule has 2 atom stereocenters. The van der Waals surface area contributed by atoms with E-state index in [1.807, 2.05) is 6.07 Å². The molecule has 0 aliphatic carbocycles. The van der Waals surface area contributed by atoms with Gasteiger partial charge in [-0.3, -0.25) is 4.90 Å². The number of carboxylic acid groups (broad SMARTS) is 1. The van der Waals surface area contributed by atoms with Gasteiger partial charge < -0.3 is 24.5 Å². The summed E-state index contributed by atoms with van der Waals surface area (Å²) in [5, 5.41) is 21.8. The summed E-state index contributed by atoms with van der Waals surface area (Å²) in [7, 11) is 0. The van der Waals surface area contributed by atoms with Crippen LogP contribution in [-0.2, 0) is 24.4 Å². The number of carboxylic acids is 1. The number of ether oxygens (including phenoxy) is 2. The first kappa shape index (κ1) is 26.6. The van der Waals surface area contributed by atoms with Crippen molar-refractivity contribution in [1.82, 2.24) is 24.4 Å². The minimum atomic E-state index is -0.965. The van der Waals surface area contributed by atoms with Crippen molar-refractivity contribution >= 4 is 23.0 Å². The molecule has 0 saturated carbocycles. The van der Waals surface area contributed by atoms with Gasteiger partial charge in [-0.25, -0.2) is 19.2 Å². The minimum Gasteiger partial charge on any atom is -0.478 e. The fraction of sp³-hybridized carbons (Fsp3) is 0.345. The highest BCUT2D eigenvalue weighted by Gasteiger charge is 2.27. The maximum Gasteiger partial charge on any atom is 0.335 e. The van der Waals surface area contributed by atoms with Crippen molar-refractivity contribution in [3.05, 3.63) is 77.0 Å². The predicted molar refractivity (Wildman–Crippen MR) is 146 cm³/mol. The van der Waals surface area contributed by atoms with Crippen molar-refractivity contribution in [2.45, 2.75) is 44.7 Å². The third kappa shape index (κ3) is 5.96. The molecular formula is C29H28FN7O4. The van der Waals surface area contributed by atoms with Gasteiger partial charge in [-0.15, -0.1) is 0 Å². The van der Waals surface area contributed by atoms with Crippen LogP contribution in [0.1, 0.15) is 40.2 Å². The standard InChI is InChI=1S/C29H28FN7O4/c30-23-11-18(13-31)1-2-20(23)17-41-27-5-8-32-29(35-27)33-21-6-9-36(14-21)16-26-34-24-4-3-19(28(38)39)12-25(24)37(26)15-22-7-10-40-22/h1-5,8,11-12,21-22H,6-7,9-10,14-17H2,(H,38,39)(H,32,33,35)/t21-,22+/m1/s1. The molecule has 2 aromatic heterocycles. The van der Waals surface area contributed by atoms with E-state index in [9.17, 15) is 14.3 Å². The predicted octanol–water partition coefficient (Wildman–Crippen LogP) is 3.59. The second-order valence-corrected chi connectivity index (χ2v) is 10.2. The Morgan fingerprint density at radius 1 is 1.22 bits per heavy atom. The zero-order chi connectivity index (χ0) is 28.3. The molecule has 0 unspecified atom stereocenters. The number of aromatic carboxylic acids is 1. The quantitative estimate of drug-likeness (QED) is 0.297. The number of carbonyl (C=O) groups is 1. The highest BCUT2D eigenvalue weighted by atomic mass is 19.1. The molecule has 0 spiro atoms. The van der Waals surface area contributed by atoms with E-state index in [-0.39, 0.29) is 29.9 Å². The molecule has 2 aliphatic heterocycles. The number of rotatable bonds is 10. The first-order valence-electron chi connectivity index (χ1n) is 13.4. The Bertz CT molecular complexity index is 1630. The van der Waals surface area contributed by atoms with Gasteiger partial charge in [-0.2, -0.15) is 10.2 Å². The molecule has 4 aromatic rings. The van der Waals surface area contributed by atoms with E-state index in [2.05, 4.69) is 24.8 Å². The van der Waals surface area contributed by atoms with E-state index in [1.165, 1.54) is 12.1 Å². The number of nitrogens with zero attached hydrogens (tertiary/aromatic N) is 6. The molecule has 11 nitrogen and oxygen atoms in total. The Balaban J connectivity index is 1.09. The summed E-state index contributed by atoms with van der Waals surface area (Å²) in [6.45, 7) is 3.56. The molecule has 12 heteroatoms. The van der Waals surface area contributed by atoms with Crippen molar-refractivity contribution in [2.75, 3.05) is 25.0 Å². The number of halogens is 1. The van der Waals surface area contributed by atoms with E-state index < -0.39 is 11.8 Å².